The number of ether oxygens (including phenoxy) is 2. The third kappa shape index (κ3) is 8.43. The van der Waals surface area contributed by atoms with Crippen LogP contribution in [0.3, 0.4) is 0 Å². The zero-order valence-electron chi connectivity index (χ0n) is 29.0. The zero-order valence-corrected chi connectivity index (χ0v) is 29.8. The van der Waals surface area contributed by atoms with Gasteiger partial charge in [0.25, 0.3) is 5.91 Å². The van der Waals surface area contributed by atoms with Crippen LogP contribution in [0.15, 0.2) is 72.3 Å². The third-order valence-electron chi connectivity index (χ3n) is 7.84. The van der Waals surface area contributed by atoms with Gasteiger partial charge in [-0.1, -0.05) is 46.2 Å². The molecule has 10 heteroatoms. The van der Waals surface area contributed by atoms with Gasteiger partial charge in [0.1, 0.15) is 23.1 Å². The van der Waals surface area contributed by atoms with E-state index in [1.807, 2.05) is 32.0 Å². The highest BCUT2D eigenvalue weighted by molar-refractivity contribution is 8.13. The summed E-state index contributed by atoms with van der Waals surface area (Å²) < 4.78 is 11.7. The van der Waals surface area contributed by atoms with Gasteiger partial charge >= 0.3 is 6.03 Å². The van der Waals surface area contributed by atoms with Crippen LogP contribution in [0.25, 0.3) is 6.08 Å². The molecule has 4 rings (SSSR count). The zero-order chi connectivity index (χ0) is 35.2. The van der Waals surface area contributed by atoms with Crippen LogP contribution in [0, 0.1) is 6.92 Å². The van der Waals surface area contributed by atoms with Crippen molar-refractivity contribution in [1.29, 1.82) is 0 Å². The summed E-state index contributed by atoms with van der Waals surface area (Å²) in [6, 6.07) is 16.2. The predicted molar refractivity (Wildman–Crippen MR) is 201 cm³/mol. The van der Waals surface area contributed by atoms with E-state index in [-0.39, 0.29) is 27.8 Å². The molecule has 1 atom stereocenters. The van der Waals surface area contributed by atoms with Gasteiger partial charge in [0.15, 0.2) is 0 Å². The number of methoxy groups -OCH3 is 1. The molecule has 252 valence electrons. The smallest absolute Gasteiger partial charge is 0.323 e. The number of hydrogen-bond donors (Lipinski definition) is 4. The Hall–Kier alpha value is -5.09. The molecule has 0 saturated heterocycles. The Labute approximate surface area is 286 Å². The lowest BCUT2D eigenvalue weighted by molar-refractivity contribution is 0.0962. The minimum Gasteiger partial charge on any atom is -0.497 e. The molecule has 0 radical (unpaired) electrons. The van der Waals surface area contributed by atoms with E-state index in [2.05, 4.69) is 71.8 Å². The van der Waals surface area contributed by atoms with Crippen LogP contribution in [0.1, 0.15) is 60.3 Å². The summed E-state index contributed by atoms with van der Waals surface area (Å²) in [5.74, 6) is 6.18. The van der Waals surface area contributed by atoms with E-state index in [4.69, 9.17) is 9.47 Å². The Morgan fingerprint density at radius 1 is 1.00 bits per heavy atom. The van der Waals surface area contributed by atoms with Crippen molar-refractivity contribution in [3.63, 3.8) is 0 Å². The second kappa shape index (κ2) is 15.2. The molecule has 0 bridgehead atoms. The number of carbonyl (C=O) groups excluding carboxylic acids is 2. The monoisotopic (exact) mass is 667 g/mol. The lowest BCUT2D eigenvalue weighted by Crippen LogP contribution is -2.22. The summed E-state index contributed by atoms with van der Waals surface area (Å²) in [4.78, 5) is 31.2. The molecule has 1 heterocycles. The molecule has 0 spiro atoms. The first-order valence-electron chi connectivity index (χ1n) is 15.6. The molecule has 0 fully saturated rings. The number of nitrogens with one attached hydrogen (secondary N) is 4. The van der Waals surface area contributed by atoms with Crippen LogP contribution in [0.4, 0.5) is 27.7 Å². The van der Waals surface area contributed by atoms with Crippen molar-refractivity contribution in [1.82, 2.24) is 10.3 Å². The summed E-state index contributed by atoms with van der Waals surface area (Å²) in [5, 5.41) is 12.0. The van der Waals surface area contributed by atoms with Gasteiger partial charge < -0.3 is 30.7 Å². The van der Waals surface area contributed by atoms with E-state index < -0.39 is 0 Å². The summed E-state index contributed by atoms with van der Waals surface area (Å²) in [7, 11) is 2.90. The number of aromatic nitrogens is 1. The lowest BCUT2D eigenvalue weighted by atomic mass is 9.86. The number of hydrogen-bond acceptors (Lipinski definition) is 6. The average Bonchev–Trinajstić information content (AvgIpc) is 3.04. The Bertz CT molecular complexity index is 1880. The SMILES string of the molecule is C=Cc1c(Oc2ccnc(Nc3cc(OC)cc(C(=O)NC)c3)c2)ccc(NC(=O)Nc2cc(C(C)(C)C)cc(S(=C)C)c2C)c1CC. The molecular formula is C38H45N5O4S. The fourth-order valence-electron chi connectivity index (χ4n) is 5.22. The maximum atomic E-state index is 13.4. The summed E-state index contributed by atoms with van der Waals surface area (Å²) in [5.41, 5.74) is 6.22. The molecule has 0 aliphatic rings. The van der Waals surface area contributed by atoms with E-state index >= 15 is 0 Å². The fourth-order valence-corrected chi connectivity index (χ4v) is 6.19. The molecule has 1 aromatic heterocycles. The van der Waals surface area contributed by atoms with E-state index in [9.17, 15) is 9.59 Å². The van der Waals surface area contributed by atoms with Gasteiger partial charge in [-0.25, -0.2) is 9.78 Å². The van der Waals surface area contributed by atoms with Crippen molar-refractivity contribution < 1.29 is 19.1 Å². The van der Waals surface area contributed by atoms with Crippen LogP contribution in [0.5, 0.6) is 17.2 Å². The average molecular weight is 668 g/mol. The fraction of sp³-hybridized carbons (Fsp3) is 0.263. The summed E-state index contributed by atoms with van der Waals surface area (Å²) in [6.07, 6.45) is 6.07. The standard InChI is InChI=1S/C38H45N5O4S/c1-11-29-30(12-2)33(47-27-15-16-40-35(22-27)41-26-17-24(36(44)39-7)18-28(21-26)46-8)14-13-31(29)42-37(45)43-32-19-25(38(4,5)6)20-34(23(32)3)48(9)10/h12-22H,2,9,11H2,1,3-8,10H3,(H,39,44)(H,40,41)(H2,42,43,45). The van der Waals surface area contributed by atoms with Crippen molar-refractivity contribution in [2.24, 2.45) is 0 Å². The van der Waals surface area contributed by atoms with Gasteiger partial charge in [-0.05, 0) is 84.2 Å². The molecule has 4 aromatic rings. The highest BCUT2D eigenvalue weighted by Crippen LogP contribution is 2.37. The van der Waals surface area contributed by atoms with Crippen molar-refractivity contribution >= 4 is 57.2 Å². The Morgan fingerprint density at radius 3 is 2.35 bits per heavy atom. The predicted octanol–water partition coefficient (Wildman–Crippen LogP) is 9.13. The van der Waals surface area contributed by atoms with E-state index in [0.717, 1.165) is 32.8 Å². The number of anilines is 4. The maximum absolute atomic E-state index is 13.4. The normalized spacial score (nSPS) is 11.7. The molecule has 9 nitrogen and oxygen atoms in total. The first kappa shape index (κ1) is 35.8. The minimum atomic E-state index is -0.337. The largest absolute Gasteiger partial charge is 0.497 e. The van der Waals surface area contributed by atoms with Gasteiger partial charge in [-0.2, -0.15) is 10.5 Å². The number of rotatable bonds is 11. The van der Waals surface area contributed by atoms with Crippen LogP contribution in [0.2, 0.25) is 0 Å². The van der Waals surface area contributed by atoms with Gasteiger partial charge in [0.05, 0.1) is 7.11 Å². The molecule has 3 amide bonds. The van der Waals surface area contributed by atoms with Gasteiger partial charge in [-0.3, -0.25) is 4.79 Å². The van der Waals surface area contributed by atoms with Crippen molar-refractivity contribution in [3.8, 4) is 17.2 Å². The van der Waals surface area contributed by atoms with Crippen molar-refractivity contribution in [2.45, 2.75) is 51.3 Å². The molecule has 0 saturated carbocycles. The van der Waals surface area contributed by atoms with E-state index in [1.54, 1.807) is 56.8 Å². The summed E-state index contributed by atoms with van der Waals surface area (Å²) >= 11 is 0. The van der Waals surface area contributed by atoms with Crippen LogP contribution in [-0.4, -0.2) is 43.2 Å². The lowest BCUT2D eigenvalue weighted by Gasteiger charge is -2.24. The molecule has 48 heavy (non-hydrogen) atoms. The maximum Gasteiger partial charge on any atom is 0.323 e. The molecule has 0 aliphatic carbocycles. The summed E-state index contributed by atoms with van der Waals surface area (Å²) in [6.45, 7) is 14.5. The topological polar surface area (TPSA) is 114 Å². The van der Waals surface area contributed by atoms with Crippen molar-refractivity contribution in [3.05, 3.63) is 95.2 Å². The second-order valence-electron chi connectivity index (χ2n) is 12.3. The van der Waals surface area contributed by atoms with Crippen LogP contribution in [-0.2, 0) is 11.8 Å². The molecule has 0 aliphatic heterocycles. The minimum absolute atomic E-state index is 0.0874. The number of benzene rings is 3. The van der Waals surface area contributed by atoms with E-state index in [0.29, 0.717) is 46.4 Å². The molecular weight excluding hydrogens is 623 g/mol. The first-order chi connectivity index (χ1) is 22.8. The van der Waals surface area contributed by atoms with Gasteiger partial charge in [0.2, 0.25) is 0 Å². The Balaban J connectivity index is 1.57. The number of nitrogens with zero attached hydrogens (tertiary/aromatic N) is 1. The first-order valence-corrected chi connectivity index (χ1v) is 17.4. The number of amides is 3. The highest BCUT2D eigenvalue weighted by atomic mass is 32.2. The van der Waals surface area contributed by atoms with E-state index in [1.165, 1.54) is 0 Å². The molecule has 4 N–H and O–H groups in total. The Morgan fingerprint density at radius 2 is 1.73 bits per heavy atom. The molecule has 1 unspecified atom stereocenters. The Kier molecular flexibility index (Phi) is 11.3. The number of pyridine rings is 1. The van der Waals surface area contributed by atoms with Crippen LogP contribution >= 0.6 is 10.5 Å². The second-order valence-corrected chi connectivity index (χ2v) is 14.0. The van der Waals surface area contributed by atoms with Gasteiger partial charge in [0, 0.05) is 58.5 Å². The number of carbonyl (C=O) groups is 2. The van der Waals surface area contributed by atoms with Crippen LogP contribution < -0.4 is 30.7 Å². The number of urea groups is 1. The van der Waals surface area contributed by atoms with Gasteiger partial charge in [-0.15, -0.1) is 0 Å². The third-order valence-corrected chi connectivity index (χ3v) is 9.01. The molecule has 3 aromatic carbocycles. The highest BCUT2D eigenvalue weighted by Gasteiger charge is 2.20. The van der Waals surface area contributed by atoms with Crippen molar-refractivity contribution in [2.75, 3.05) is 36.4 Å². The quantitative estimate of drug-likeness (QED) is 0.119.